The van der Waals surface area contributed by atoms with E-state index in [1.807, 2.05) is 0 Å². The number of likely N-dealkylation sites (tertiary alicyclic amines) is 1. The van der Waals surface area contributed by atoms with Gasteiger partial charge in [0.25, 0.3) is 0 Å². The third-order valence-electron chi connectivity index (χ3n) is 5.61. The number of piperidine rings is 1. The quantitative estimate of drug-likeness (QED) is 0.586. The van der Waals surface area contributed by atoms with Gasteiger partial charge in [-0.15, -0.1) is 0 Å². The van der Waals surface area contributed by atoms with Crippen LogP contribution in [-0.2, 0) is 13.0 Å². The van der Waals surface area contributed by atoms with Gasteiger partial charge in [0.05, 0.1) is 5.69 Å². The molecule has 138 valence electrons. The molecule has 0 aliphatic carbocycles. The summed E-state index contributed by atoms with van der Waals surface area (Å²) in [6, 6.07) is 10.7. The van der Waals surface area contributed by atoms with Crippen LogP contribution < -0.4 is 11.1 Å². The van der Waals surface area contributed by atoms with E-state index in [1.54, 1.807) is 4.68 Å². The SMILES string of the molecule is N=C(N)n1nc(C2CCN(Cc3ccccc3)CC2)c2c1NCCCC2. The van der Waals surface area contributed by atoms with Gasteiger partial charge in [-0.1, -0.05) is 30.3 Å². The standard InChI is InChI=1S/C20H28N6/c21-20(22)26-19-17(8-4-5-11-23-19)18(24-26)16-9-12-25(13-10-16)14-15-6-2-1-3-7-15/h1-3,6-7,16,23H,4-5,8-14H2,(H3,21,22). The van der Waals surface area contributed by atoms with Crippen LogP contribution in [0.2, 0.25) is 0 Å². The van der Waals surface area contributed by atoms with Crippen molar-refractivity contribution in [2.75, 3.05) is 25.0 Å². The molecule has 1 aromatic heterocycles. The maximum atomic E-state index is 7.86. The minimum atomic E-state index is 0.00316. The lowest BCUT2D eigenvalue weighted by Gasteiger charge is -2.31. The van der Waals surface area contributed by atoms with Crippen LogP contribution in [0.1, 0.15) is 48.4 Å². The van der Waals surface area contributed by atoms with Gasteiger partial charge < -0.3 is 11.1 Å². The van der Waals surface area contributed by atoms with Crippen molar-refractivity contribution in [2.45, 2.75) is 44.6 Å². The van der Waals surface area contributed by atoms with Gasteiger partial charge in [0.1, 0.15) is 5.82 Å². The summed E-state index contributed by atoms with van der Waals surface area (Å²) >= 11 is 0. The van der Waals surface area contributed by atoms with Crippen LogP contribution in [0.25, 0.3) is 0 Å². The Hall–Kier alpha value is -2.34. The van der Waals surface area contributed by atoms with Crippen molar-refractivity contribution in [3.05, 3.63) is 47.2 Å². The third-order valence-corrected chi connectivity index (χ3v) is 5.61. The predicted molar refractivity (Wildman–Crippen MR) is 105 cm³/mol. The highest BCUT2D eigenvalue weighted by Crippen LogP contribution is 2.35. The highest BCUT2D eigenvalue weighted by Gasteiger charge is 2.29. The fourth-order valence-electron chi connectivity index (χ4n) is 4.24. The van der Waals surface area contributed by atoms with Crippen LogP contribution >= 0.6 is 0 Å². The maximum Gasteiger partial charge on any atom is 0.215 e. The van der Waals surface area contributed by atoms with Gasteiger partial charge in [-0.3, -0.25) is 10.3 Å². The average Bonchev–Trinajstić information content (AvgIpc) is 2.85. The number of nitrogens with zero attached hydrogens (tertiary/aromatic N) is 3. The molecule has 0 radical (unpaired) electrons. The minimum Gasteiger partial charge on any atom is -0.370 e. The fourth-order valence-corrected chi connectivity index (χ4v) is 4.24. The van der Waals surface area contributed by atoms with Crippen LogP contribution in [0.4, 0.5) is 5.82 Å². The molecule has 1 saturated heterocycles. The Morgan fingerprint density at radius 1 is 1.19 bits per heavy atom. The minimum absolute atomic E-state index is 0.00316. The summed E-state index contributed by atoms with van der Waals surface area (Å²) in [7, 11) is 0. The normalized spacial score (nSPS) is 18.8. The molecule has 2 aromatic rings. The van der Waals surface area contributed by atoms with Gasteiger partial charge in [-0.25, -0.2) is 0 Å². The second kappa shape index (κ2) is 7.50. The van der Waals surface area contributed by atoms with Crippen molar-refractivity contribution < 1.29 is 0 Å². The first-order valence-corrected chi connectivity index (χ1v) is 9.68. The highest BCUT2D eigenvalue weighted by molar-refractivity contribution is 5.81. The van der Waals surface area contributed by atoms with Gasteiger partial charge >= 0.3 is 0 Å². The number of aromatic nitrogens is 2. The second-order valence-electron chi connectivity index (χ2n) is 7.43. The Morgan fingerprint density at radius 3 is 2.69 bits per heavy atom. The maximum absolute atomic E-state index is 7.86. The monoisotopic (exact) mass is 352 g/mol. The highest BCUT2D eigenvalue weighted by atomic mass is 15.4. The summed E-state index contributed by atoms with van der Waals surface area (Å²) in [5.74, 6) is 1.43. The van der Waals surface area contributed by atoms with E-state index in [1.165, 1.54) is 23.2 Å². The second-order valence-corrected chi connectivity index (χ2v) is 7.43. The van der Waals surface area contributed by atoms with Crippen LogP contribution in [0.15, 0.2) is 30.3 Å². The molecule has 0 bridgehead atoms. The molecule has 6 heteroatoms. The predicted octanol–water partition coefficient (Wildman–Crippen LogP) is 2.75. The largest absolute Gasteiger partial charge is 0.370 e. The third kappa shape index (κ3) is 3.46. The van der Waals surface area contributed by atoms with E-state index in [0.29, 0.717) is 5.92 Å². The van der Waals surface area contributed by atoms with Gasteiger partial charge in [0.2, 0.25) is 5.96 Å². The molecule has 0 spiro atoms. The molecule has 0 atom stereocenters. The zero-order valence-electron chi connectivity index (χ0n) is 15.2. The molecule has 0 saturated carbocycles. The van der Waals surface area contributed by atoms with Crippen molar-refractivity contribution in [3.63, 3.8) is 0 Å². The van der Waals surface area contributed by atoms with Crippen molar-refractivity contribution in [3.8, 4) is 0 Å². The molecule has 26 heavy (non-hydrogen) atoms. The van der Waals surface area contributed by atoms with Crippen molar-refractivity contribution in [2.24, 2.45) is 5.73 Å². The summed E-state index contributed by atoms with van der Waals surface area (Å²) in [5.41, 5.74) is 9.62. The zero-order valence-corrected chi connectivity index (χ0v) is 15.2. The molecular formula is C20H28N6. The van der Waals surface area contributed by atoms with Crippen LogP contribution in [0.3, 0.4) is 0 Å². The Labute approximate surface area is 154 Å². The Kier molecular flexibility index (Phi) is 4.93. The van der Waals surface area contributed by atoms with E-state index in [4.69, 9.17) is 16.2 Å². The number of fused-ring (bicyclic) bond motifs is 1. The van der Waals surface area contributed by atoms with Gasteiger partial charge in [0, 0.05) is 24.6 Å². The number of nitrogen functional groups attached to an aromatic ring is 1. The van der Waals surface area contributed by atoms with E-state index < -0.39 is 0 Å². The molecule has 0 unspecified atom stereocenters. The Balaban J connectivity index is 1.48. The number of hydrogen-bond acceptors (Lipinski definition) is 4. The van der Waals surface area contributed by atoms with Gasteiger partial charge in [-0.2, -0.15) is 9.78 Å². The first kappa shape index (κ1) is 17.1. The topological polar surface area (TPSA) is 83.0 Å². The molecule has 2 aliphatic heterocycles. The van der Waals surface area contributed by atoms with Crippen LogP contribution in [0.5, 0.6) is 0 Å². The lowest BCUT2D eigenvalue weighted by Crippen LogP contribution is -2.33. The van der Waals surface area contributed by atoms with E-state index >= 15 is 0 Å². The van der Waals surface area contributed by atoms with E-state index in [2.05, 4.69) is 40.5 Å². The average molecular weight is 352 g/mol. The first-order valence-electron chi connectivity index (χ1n) is 9.68. The van der Waals surface area contributed by atoms with Gasteiger partial charge in [-0.05, 0) is 50.8 Å². The van der Waals surface area contributed by atoms with Crippen LogP contribution in [-0.4, -0.2) is 40.3 Å². The van der Waals surface area contributed by atoms with Crippen molar-refractivity contribution in [1.29, 1.82) is 5.41 Å². The van der Waals surface area contributed by atoms with E-state index in [0.717, 1.165) is 57.7 Å². The smallest absolute Gasteiger partial charge is 0.215 e. The molecule has 1 fully saturated rings. The molecule has 0 amide bonds. The Bertz CT molecular complexity index is 758. The number of nitrogens with one attached hydrogen (secondary N) is 2. The molecule has 1 aromatic carbocycles. The summed E-state index contributed by atoms with van der Waals surface area (Å²) in [6.45, 7) is 4.14. The number of anilines is 1. The summed E-state index contributed by atoms with van der Waals surface area (Å²) < 4.78 is 1.60. The molecule has 2 aliphatic rings. The molecule has 4 rings (SSSR count). The number of benzene rings is 1. The number of hydrogen-bond donors (Lipinski definition) is 3. The van der Waals surface area contributed by atoms with Crippen LogP contribution in [0, 0.1) is 5.41 Å². The molecular weight excluding hydrogens is 324 g/mol. The molecule has 4 N–H and O–H groups in total. The van der Waals surface area contributed by atoms with E-state index in [9.17, 15) is 0 Å². The lowest BCUT2D eigenvalue weighted by atomic mass is 9.90. The number of rotatable bonds is 3. The summed E-state index contributed by atoms with van der Waals surface area (Å²) in [4.78, 5) is 2.53. The van der Waals surface area contributed by atoms with Crippen molar-refractivity contribution >= 4 is 11.8 Å². The molecule has 6 nitrogen and oxygen atoms in total. The summed E-state index contributed by atoms with van der Waals surface area (Å²) in [5, 5.41) is 16.1. The Morgan fingerprint density at radius 2 is 1.96 bits per heavy atom. The van der Waals surface area contributed by atoms with Crippen molar-refractivity contribution in [1.82, 2.24) is 14.7 Å². The number of nitrogens with two attached hydrogens (primary N) is 1. The lowest BCUT2D eigenvalue weighted by molar-refractivity contribution is 0.203. The van der Waals surface area contributed by atoms with Gasteiger partial charge in [0.15, 0.2) is 0 Å². The summed E-state index contributed by atoms with van der Waals surface area (Å²) in [6.07, 6.45) is 5.60. The van der Waals surface area contributed by atoms with E-state index in [-0.39, 0.29) is 5.96 Å². The fraction of sp³-hybridized carbons (Fsp3) is 0.500. The molecule has 3 heterocycles. The first-order chi connectivity index (χ1) is 12.7. The zero-order chi connectivity index (χ0) is 17.9.